The molecular weight excluding hydrogens is 292 g/mol. The highest BCUT2D eigenvalue weighted by Crippen LogP contribution is 2.53. The molecule has 124 valence electrons. The average Bonchev–Trinajstić information content (AvgIpc) is 2.58. The number of carbonyl (C=O) groups is 1. The van der Waals surface area contributed by atoms with Crippen molar-refractivity contribution in [3.63, 3.8) is 0 Å². The number of fused-ring (bicyclic) bond motifs is 1. The van der Waals surface area contributed by atoms with E-state index in [-0.39, 0.29) is 5.82 Å². The number of hydrogen-bond donors (Lipinski definition) is 2. The van der Waals surface area contributed by atoms with Gasteiger partial charge in [-0.05, 0) is 31.1 Å². The number of amides is 1. The molecule has 0 atom stereocenters. The van der Waals surface area contributed by atoms with Crippen molar-refractivity contribution in [3.8, 4) is 0 Å². The van der Waals surface area contributed by atoms with E-state index in [1.807, 2.05) is 0 Å². The summed E-state index contributed by atoms with van der Waals surface area (Å²) in [6.07, 6.45) is 12.4. The number of carbonyl (C=O) groups excluding carboxylic acids is 1. The van der Waals surface area contributed by atoms with Crippen LogP contribution in [0.15, 0.2) is 6.20 Å². The molecule has 6 nitrogen and oxygen atoms in total. The summed E-state index contributed by atoms with van der Waals surface area (Å²) in [5, 5.41) is 8.68. The van der Waals surface area contributed by atoms with Crippen molar-refractivity contribution in [1.29, 1.82) is 0 Å². The van der Waals surface area contributed by atoms with E-state index in [0.29, 0.717) is 11.5 Å². The Morgan fingerprint density at radius 2 is 2.09 bits per heavy atom. The lowest BCUT2D eigenvalue weighted by molar-refractivity contribution is -0.0310. The maximum atomic E-state index is 11.4. The first-order valence-electron chi connectivity index (χ1n) is 8.72. The van der Waals surface area contributed by atoms with Gasteiger partial charge in [0.1, 0.15) is 0 Å². The topological polar surface area (TPSA) is 78.3 Å². The number of hydroxylamine groups is 1. The highest BCUT2D eigenvalue weighted by molar-refractivity contribution is 5.89. The quantitative estimate of drug-likeness (QED) is 0.645. The van der Waals surface area contributed by atoms with Gasteiger partial charge in [-0.1, -0.05) is 19.3 Å². The van der Waals surface area contributed by atoms with Gasteiger partial charge in [-0.2, -0.15) is 0 Å². The second kappa shape index (κ2) is 5.83. The van der Waals surface area contributed by atoms with Gasteiger partial charge in [0.25, 0.3) is 0 Å². The Kier molecular flexibility index (Phi) is 3.81. The smallest absolute Gasteiger partial charge is 0.296 e. The van der Waals surface area contributed by atoms with E-state index in [9.17, 15) is 4.79 Å². The summed E-state index contributed by atoms with van der Waals surface area (Å²) >= 11 is 0. The number of nitrogens with one attached hydrogen (secondary N) is 1. The van der Waals surface area contributed by atoms with Gasteiger partial charge < -0.3 is 0 Å². The molecule has 0 saturated heterocycles. The predicted octanol–water partition coefficient (Wildman–Crippen LogP) is 2.07. The highest BCUT2D eigenvalue weighted by Gasteiger charge is 2.46. The zero-order valence-electron chi connectivity index (χ0n) is 13.4. The fraction of sp³-hybridized carbons (Fsp3) is 0.706. The van der Waals surface area contributed by atoms with Crippen molar-refractivity contribution >= 4 is 5.91 Å². The van der Waals surface area contributed by atoms with Crippen molar-refractivity contribution in [2.24, 2.45) is 5.41 Å². The maximum Gasteiger partial charge on any atom is 0.312 e. The molecule has 2 N–H and O–H groups in total. The Morgan fingerprint density at radius 3 is 2.83 bits per heavy atom. The molecule has 1 aromatic rings. The average molecular weight is 316 g/mol. The zero-order chi connectivity index (χ0) is 15.9. The minimum Gasteiger partial charge on any atom is -0.296 e. The molecule has 2 saturated carbocycles. The Morgan fingerprint density at radius 1 is 1.30 bits per heavy atom. The second-order valence-corrected chi connectivity index (χ2v) is 7.45. The number of hydrogen-bond acceptors (Lipinski definition) is 5. The van der Waals surface area contributed by atoms with E-state index in [4.69, 9.17) is 5.21 Å². The first kappa shape index (κ1) is 15.0. The molecule has 4 rings (SSSR count). The number of aromatic nitrogens is 2. The molecule has 0 unspecified atom stereocenters. The van der Waals surface area contributed by atoms with Crippen LogP contribution in [0.5, 0.6) is 0 Å². The van der Waals surface area contributed by atoms with Crippen molar-refractivity contribution in [3.05, 3.63) is 23.3 Å². The van der Waals surface area contributed by atoms with Crippen LogP contribution in [0, 0.1) is 5.41 Å². The van der Waals surface area contributed by atoms with Gasteiger partial charge in [-0.15, -0.1) is 0 Å². The molecule has 1 aliphatic heterocycles. The van der Waals surface area contributed by atoms with Crippen molar-refractivity contribution in [1.82, 2.24) is 20.3 Å². The molecule has 0 radical (unpaired) electrons. The third-order valence-electron chi connectivity index (χ3n) is 6.04. The molecule has 23 heavy (non-hydrogen) atoms. The van der Waals surface area contributed by atoms with Crippen LogP contribution in [0.2, 0.25) is 0 Å². The number of rotatable bonds is 2. The SMILES string of the molecule is O=C(NO)c1ncc2c(n1)CCN(C1CC3(CCCCC3)C1)C2. The summed E-state index contributed by atoms with van der Waals surface area (Å²) in [4.78, 5) is 22.3. The van der Waals surface area contributed by atoms with Crippen LogP contribution >= 0.6 is 0 Å². The number of nitrogens with zero attached hydrogens (tertiary/aromatic N) is 3. The summed E-state index contributed by atoms with van der Waals surface area (Å²) in [5.41, 5.74) is 4.31. The molecule has 2 aliphatic carbocycles. The monoisotopic (exact) mass is 316 g/mol. The van der Waals surface area contributed by atoms with E-state index < -0.39 is 5.91 Å². The first-order valence-corrected chi connectivity index (χ1v) is 8.72. The Labute approximate surface area is 136 Å². The molecule has 0 aromatic carbocycles. The summed E-state index contributed by atoms with van der Waals surface area (Å²) in [7, 11) is 0. The highest BCUT2D eigenvalue weighted by atomic mass is 16.5. The van der Waals surface area contributed by atoms with Crippen LogP contribution in [-0.4, -0.2) is 38.6 Å². The van der Waals surface area contributed by atoms with Crippen LogP contribution in [0.25, 0.3) is 0 Å². The molecule has 3 aliphatic rings. The molecule has 2 heterocycles. The molecule has 1 aromatic heterocycles. The lowest BCUT2D eigenvalue weighted by Gasteiger charge is -2.54. The van der Waals surface area contributed by atoms with Crippen LogP contribution in [-0.2, 0) is 13.0 Å². The van der Waals surface area contributed by atoms with Gasteiger partial charge >= 0.3 is 5.91 Å². The largest absolute Gasteiger partial charge is 0.312 e. The third-order valence-corrected chi connectivity index (χ3v) is 6.04. The molecule has 1 spiro atoms. The van der Waals surface area contributed by atoms with Gasteiger partial charge in [-0.25, -0.2) is 15.4 Å². The van der Waals surface area contributed by atoms with Gasteiger partial charge in [0.2, 0.25) is 5.82 Å². The summed E-state index contributed by atoms with van der Waals surface area (Å²) in [6, 6.07) is 0.710. The molecular formula is C17H24N4O2. The minimum absolute atomic E-state index is 0.0458. The van der Waals surface area contributed by atoms with Crippen molar-refractivity contribution < 1.29 is 10.0 Å². The Bertz CT molecular complexity index is 605. The van der Waals surface area contributed by atoms with Crippen LogP contribution in [0.3, 0.4) is 0 Å². The van der Waals surface area contributed by atoms with E-state index in [0.717, 1.165) is 30.8 Å². The lowest BCUT2D eigenvalue weighted by Crippen LogP contribution is -2.53. The van der Waals surface area contributed by atoms with Gasteiger partial charge in [0.05, 0.1) is 5.69 Å². The van der Waals surface area contributed by atoms with E-state index >= 15 is 0 Å². The summed E-state index contributed by atoms with van der Waals surface area (Å²) < 4.78 is 0. The van der Waals surface area contributed by atoms with Gasteiger partial charge in [0, 0.05) is 37.3 Å². The van der Waals surface area contributed by atoms with E-state index in [1.165, 1.54) is 44.9 Å². The fourth-order valence-electron chi connectivity index (χ4n) is 4.72. The van der Waals surface area contributed by atoms with Crippen molar-refractivity contribution in [2.45, 2.75) is 64.0 Å². The maximum absolute atomic E-state index is 11.4. The van der Waals surface area contributed by atoms with E-state index in [1.54, 1.807) is 11.7 Å². The third kappa shape index (κ3) is 2.74. The van der Waals surface area contributed by atoms with Gasteiger partial charge in [-0.3, -0.25) is 14.9 Å². The van der Waals surface area contributed by atoms with Gasteiger partial charge in [0.15, 0.2) is 0 Å². The first-order chi connectivity index (χ1) is 11.2. The Hall–Kier alpha value is -1.53. The lowest BCUT2D eigenvalue weighted by atomic mass is 9.58. The molecule has 6 heteroatoms. The van der Waals surface area contributed by atoms with Crippen LogP contribution in [0.1, 0.15) is 66.8 Å². The van der Waals surface area contributed by atoms with Crippen LogP contribution in [0.4, 0.5) is 0 Å². The second-order valence-electron chi connectivity index (χ2n) is 7.45. The molecule has 0 bridgehead atoms. The minimum atomic E-state index is -0.645. The summed E-state index contributed by atoms with van der Waals surface area (Å²) in [5.74, 6) is -0.599. The Balaban J connectivity index is 1.41. The van der Waals surface area contributed by atoms with Crippen LogP contribution < -0.4 is 5.48 Å². The fourth-order valence-corrected chi connectivity index (χ4v) is 4.72. The van der Waals surface area contributed by atoms with Crippen molar-refractivity contribution in [2.75, 3.05) is 6.54 Å². The zero-order valence-corrected chi connectivity index (χ0v) is 13.4. The summed E-state index contributed by atoms with van der Waals surface area (Å²) in [6.45, 7) is 1.89. The standard InChI is InChI=1S/C17H24N4O2/c22-16(20-23)15-18-10-12-11-21(7-4-14(12)19-15)13-8-17(9-13)5-2-1-3-6-17/h10,13,23H,1-9,11H2,(H,20,22). The van der Waals surface area contributed by atoms with E-state index in [2.05, 4.69) is 14.9 Å². The predicted molar refractivity (Wildman–Crippen MR) is 83.9 cm³/mol. The molecule has 1 amide bonds. The normalized spacial score (nSPS) is 24.0. The molecule has 2 fully saturated rings.